The molecule has 3 aliphatic heterocycles. The molecule has 1 atom stereocenters. The monoisotopic (exact) mass is 512 g/mol. The molecule has 0 aliphatic carbocycles. The first-order valence-corrected chi connectivity index (χ1v) is 12.4. The highest BCUT2D eigenvalue weighted by atomic mass is 35.5. The van der Waals surface area contributed by atoms with Crippen molar-refractivity contribution < 1.29 is 14.3 Å². The maximum atomic E-state index is 13.3. The Labute approximate surface area is 220 Å². The van der Waals surface area contributed by atoms with Crippen LogP contribution in [0.5, 0.6) is 5.75 Å². The van der Waals surface area contributed by atoms with Gasteiger partial charge in [0.1, 0.15) is 17.6 Å². The molecule has 10 heteroatoms. The van der Waals surface area contributed by atoms with E-state index < -0.39 is 12.0 Å². The van der Waals surface area contributed by atoms with Crippen LogP contribution < -0.4 is 10.5 Å². The molecule has 37 heavy (non-hydrogen) atoms. The van der Waals surface area contributed by atoms with Gasteiger partial charge in [-0.3, -0.25) is 14.4 Å². The summed E-state index contributed by atoms with van der Waals surface area (Å²) < 4.78 is 13.3. The Morgan fingerprint density at radius 3 is 2.68 bits per heavy atom. The van der Waals surface area contributed by atoms with Gasteiger partial charge in [-0.25, -0.2) is 0 Å². The highest BCUT2D eigenvalue weighted by Gasteiger charge is 2.35. The molecular formula is C27H24BClN5O3. The fourth-order valence-electron chi connectivity index (χ4n) is 5.08. The maximum Gasteiger partial charge on any atom is 0.313 e. The van der Waals surface area contributed by atoms with Crippen LogP contribution in [0.25, 0.3) is 5.60 Å². The van der Waals surface area contributed by atoms with Gasteiger partial charge in [0.25, 0.3) is 0 Å². The Balaban J connectivity index is 1.41. The number of hydrogen-bond acceptors (Lipinski definition) is 7. The van der Waals surface area contributed by atoms with Crippen molar-refractivity contribution in [3.8, 4) is 5.75 Å². The van der Waals surface area contributed by atoms with Crippen molar-refractivity contribution in [2.75, 3.05) is 5.73 Å². The molecule has 0 unspecified atom stereocenters. The zero-order valence-electron chi connectivity index (χ0n) is 20.7. The molecule has 8 nitrogen and oxygen atoms in total. The first-order chi connectivity index (χ1) is 17.8. The maximum absolute atomic E-state index is 13.3. The first-order valence-electron chi connectivity index (χ1n) is 12.0. The Morgan fingerprint density at radius 1 is 1.14 bits per heavy atom. The van der Waals surface area contributed by atoms with Crippen molar-refractivity contribution in [2.24, 2.45) is 4.99 Å². The number of benzene rings is 2. The molecule has 0 saturated heterocycles. The van der Waals surface area contributed by atoms with E-state index in [9.17, 15) is 4.79 Å². The van der Waals surface area contributed by atoms with Crippen LogP contribution in [0.3, 0.4) is 0 Å². The zero-order chi connectivity index (χ0) is 25.8. The lowest BCUT2D eigenvalue weighted by Crippen LogP contribution is -2.17. The van der Waals surface area contributed by atoms with E-state index in [-0.39, 0.29) is 6.42 Å². The highest BCUT2D eigenvalue weighted by Crippen LogP contribution is 2.39. The Bertz CT molecular complexity index is 1550. The molecule has 0 spiro atoms. The summed E-state index contributed by atoms with van der Waals surface area (Å²) in [5, 5.41) is 9.42. The van der Waals surface area contributed by atoms with Crippen LogP contribution in [0.4, 0.5) is 5.69 Å². The number of fused-ring (bicyclic) bond motifs is 3. The zero-order valence-corrected chi connectivity index (χ0v) is 21.5. The predicted octanol–water partition coefficient (Wildman–Crippen LogP) is 4.57. The van der Waals surface area contributed by atoms with Crippen LogP contribution in [0.2, 0.25) is 5.02 Å². The fraction of sp³-hybridized carbons (Fsp3) is 0.259. The van der Waals surface area contributed by atoms with Gasteiger partial charge in [-0.1, -0.05) is 41.7 Å². The van der Waals surface area contributed by atoms with E-state index in [4.69, 9.17) is 31.8 Å². The van der Waals surface area contributed by atoms with E-state index >= 15 is 0 Å². The topological polar surface area (TPSA) is 105 Å². The summed E-state index contributed by atoms with van der Waals surface area (Å²) in [7, 11) is 2.12. The van der Waals surface area contributed by atoms with Crippen LogP contribution in [0, 0.1) is 6.92 Å². The van der Waals surface area contributed by atoms with Gasteiger partial charge in [-0.05, 0) is 43.7 Å². The molecule has 6 rings (SSSR count). The van der Waals surface area contributed by atoms with Gasteiger partial charge in [0.05, 0.1) is 25.3 Å². The molecule has 0 amide bonds. The highest BCUT2D eigenvalue weighted by molar-refractivity contribution is 6.69. The van der Waals surface area contributed by atoms with E-state index in [1.807, 2.05) is 35.8 Å². The van der Waals surface area contributed by atoms with E-state index in [1.54, 1.807) is 12.1 Å². The summed E-state index contributed by atoms with van der Waals surface area (Å²) in [6, 6.07) is 10.4. The summed E-state index contributed by atoms with van der Waals surface area (Å²) in [6.07, 6.45) is -0.0163. The van der Waals surface area contributed by atoms with Crippen LogP contribution in [0.15, 0.2) is 58.0 Å². The summed E-state index contributed by atoms with van der Waals surface area (Å²) in [5.41, 5.74) is 14.3. The molecule has 0 saturated carbocycles. The van der Waals surface area contributed by atoms with Crippen molar-refractivity contribution in [3.05, 3.63) is 86.4 Å². The molecule has 185 valence electrons. The first kappa shape index (κ1) is 23.7. The molecular weight excluding hydrogens is 489 g/mol. The average molecular weight is 513 g/mol. The third-order valence-electron chi connectivity index (χ3n) is 7.11. The molecule has 4 heterocycles. The fourth-order valence-corrected chi connectivity index (χ4v) is 5.20. The van der Waals surface area contributed by atoms with Crippen LogP contribution in [-0.2, 0) is 22.7 Å². The standard InChI is InChI=1S/C27H24BClN5O3/c1-13-14(2)28-26-24(13)25(16-4-6-17(29)7-5-16)31-21(27-33-32-15(3)34(26)27)10-23(35)37-22-9-8-20(30)18-11-36-12-19(18)22/h4-9,21H,10-12,30H2,1-3H3/t21-/m0/s1. The van der Waals surface area contributed by atoms with E-state index in [0.29, 0.717) is 35.5 Å². The van der Waals surface area contributed by atoms with Crippen LogP contribution in [0.1, 0.15) is 54.6 Å². The lowest BCUT2D eigenvalue weighted by molar-refractivity contribution is -0.134. The predicted molar refractivity (Wildman–Crippen MR) is 142 cm³/mol. The number of carbonyl (C=O) groups is 1. The van der Waals surface area contributed by atoms with E-state index in [0.717, 1.165) is 50.4 Å². The van der Waals surface area contributed by atoms with Gasteiger partial charge in [-0.15, -0.1) is 10.2 Å². The minimum Gasteiger partial charge on any atom is -0.426 e. The molecule has 2 aromatic carbocycles. The summed E-state index contributed by atoms with van der Waals surface area (Å²) in [5.74, 6) is 1.35. The number of carbonyl (C=O) groups excluding carboxylic acids is 1. The number of nitrogens with two attached hydrogens (primary N) is 1. The van der Waals surface area contributed by atoms with E-state index in [1.165, 1.54) is 0 Å². The number of aryl methyl sites for hydroxylation is 1. The lowest BCUT2D eigenvalue weighted by Gasteiger charge is -2.15. The molecule has 1 radical (unpaired) electrons. The van der Waals surface area contributed by atoms with Crippen LogP contribution >= 0.6 is 11.6 Å². The third kappa shape index (κ3) is 3.99. The number of ether oxygens (including phenoxy) is 2. The molecule has 0 fully saturated rings. The number of nitrogens with zero attached hydrogens (tertiary/aromatic N) is 4. The van der Waals surface area contributed by atoms with Gasteiger partial charge >= 0.3 is 5.97 Å². The Morgan fingerprint density at radius 2 is 1.89 bits per heavy atom. The van der Waals surface area contributed by atoms with Crippen molar-refractivity contribution in [3.63, 3.8) is 0 Å². The Kier molecular flexibility index (Phi) is 5.77. The Hall–Kier alpha value is -3.69. The smallest absolute Gasteiger partial charge is 0.313 e. The number of esters is 1. The number of aliphatic imine (C=N–C) groups is 1. The van der Waals surface area contributed by atoms with Gasteiger partial charge in [0.2, 0.25) is 7.28 Å². The largest absolute Gasteiger partial charge is 0.426 e. The second kappa shape index (κ2) is 9.01. The van der Waals surface area contributed by atoms with Crippen molar-refractivity contribution in [1.29, 1.82) is 0 Å². The molecule has 1 aromatic heterocycles. The SMILES string of the molecule is CC1=C(C)C2=C([B]1)n1c(C)nnc1[C@H](CC(=O)Oc1ccc(N)c3c1COC3)N=C2c1ccc(Cl)cc1. The number of hydrogen-bond donors (Lipinski definition) is 1. The summed E-state index contributed by atoms with van der Waals surface area (Å²) in [4.78, 5) is 18.4. The van der Waals surface area contributed by atoms with Gasteiger partial charge in [-0.2, -0.15) is 0 Å². The third-order valence-corrected chi connectivity index (χ3v) is 7.36. The van der Waals surface area contributed by atoms with Crippen LogP contribution in [-0.4, -0.2) is 33.7 Å². The van der Waals surface area contributed by atoms with E-state index in [2.05, 4.69) is 31.3 Å². The molecule has 0 bridgehead atoms. The van der Waals surface area contributed by atoms with Gasteiger partial charge < -0.3 is 15.2 Å². The molecule has 2 N–H and O–H groups in total. The number of rotatable bonds is 4. The normalized spacial score (nSPS) is 18.2. The number of halogens is 1. The second-order valence-electron chi connectivity index (χ2n) is 9.43. The quantitative estimate of drug-likeness (QED) is 0.238. The number of anilines is 1. The average Bonchev–Trinajstić information content (AvgIpc) is 3.56. The summed E-state index contributed by atoms with van der Waals surface area (Å²) in [6.45, 7) is 6.82. The number of allylic oxidation sites excluding steroid dienone is 3. The van der Waals surface area contributed by atoms with Gasteiger partial charge in [0, 0.05) is 33.0 Å². The summed E-state index contributed by atoms with van der Waals surface area (Å²) >= 11 is 6.18. The van der Waals surface area contributed by atoms with Crippen molar-refractivity contribution >= 4 is 41.8 Å². The second-order valence-corrected chi connectivity index (χ2v) is 9.87. The number of nitrogen functional groups attached to an aromatic ring is 1. The van der Waals surface area contributed by atoms with Crippen molar-refractivity contribution in [1.82, 2.24) is 14.8 Å². The van der Waals surface area contributed by atoms with Crippen molar-refractivity contribution in [2.45, 2.75) is 46.4 Å². The van der Waals surface area contributed by atoms with Gasteiger partial charge in [0.15, 0.2) is 5.82 Å². The lowest BCUT2D eigenvalue weighted by atomic mass is 9.69. The minimum atomic E-state index is -0.607. The number of aromatic nitrogens is 3. The molecule has 3 aromatic rings. The molecule has 3 aliphatic rings. The minimum absolute atomic E-state index is 0.0163.